The fraction of sp³-hybridized carbons (Fsp3) is 0. The highest BCUT2D eigenvalue weighted by atomic mass is 35.5. The number of phenols is 1. The molecule has 0 heterocycles. The highest BCUT2D eigenvalue weighted by Gasteiger charge is 2.11. The monoisotopic (exact) mass is 200 g/mol. The van der Waals surface area contributed by atoms with Crippen molar-refractivity contribution in [3.05, 3.63) is 28.8 Å². The number of halogens is 1. The fourth-order valence-corrected chi connectivity index (χ4v) is 0.951. The fourth-order valence-electron chi connectivity index (χ4n) is 0.785. The Kier molecular flexibility index (Phi) is 2.87. The molecule has 0 saturated heterocycles. The van der Waals surface area contributed by atoms with Gasteiger partial charge in [-0.05, 0) is 18.2 Å². The predicted octanol–water partition coefficient (Wildman–Crippen LogP) is 1.36. The zero-order valence-corrected chi connectivity index (χ0v) is 7.12. The Bertz CT molecular complexity index is 348. The minimum Gasteiger partial charge on any atom is -0.507 e. The molecule has 0 aliphatic rings. The van der Waals surface area contributed by atoms with Gasteiger partial charge in [0.05, 0.1) is 0 Å². The Labute approximate surface area is 78.7 Å². The standard InChI is InChI=1S/C8H5ClO4/c9-5-1-2-6(7(11)3-5)8(12)13-4-10/h1-4,11H. The van der Waals surface area contributed by atoms with E-state index in [0.717, 1.165) is 0 Å². The predicted molar refractivity (Wildman–Crippen MR) is 44.6 cm³/mol. The number of esters is 1. The molecular weight excluding hydrogens is 196 g/mol. The van der Waals surface area contributed by atoms with Crippen LogP contribution < -0.4 is 0 Å². The lowest BCUT2D eigenvalue weighted by Crippen LogP contribution is -2.03. The number of aromatic hydroxyl groups is 1. The molecular formula is C8H5ClO4. The van der Waals surface area contributed by atoms with Gasteiger partial charge < -0.3 is 9.84 Å². The number of ether oxygens (including phenoxy) is 1. The lowest BCUT2D eigenvalue weighted by Gasteiger charge is -2.00. The largest absolute Gasteiger partial charge is 0.507 e. The van der Waals surface area contributed by atoms with Crippen LogP contribution in [0.1, 0.15) is 10.4 Å². The average Bonchev–Trinajstić information content (AvgIpc) is 2.04. The summed E-state index contributed by atoms with van der Waals surface area (Å²) in [6.45, 7) is -0.00359. The molecule has 0 aliphatic heterocycles. The minimum atomic E-state index is -0.913. The lowest BCUT2D eigenvalue weighted by atomic mass is 10.2. The Morgan fingerprint density at radius 2 is 2.23 bits per heavy atom. The first-order valence-corrected chi connectivity index (χ1v) is 3.66. The van der Waals surface area contributed by atoms with Crippen molar-refractivity contribution in [2.45, 2.75) is 0 Å². The van der Waals surface area contributed by atoms with Crippen LogP contribution in [0.5, 0.6) is 5.75 Å². The molecule has 4 nitrogen and oxygen atoms in total. The number of carbonyl (C=O) groups is 2. The van der Waals surface area contributed by atoms with Gasteiger partial charge in [-0.15, -0.1) is 0 Å². The van der Waals surface area contributed by atoms with Crippen molar-refractivity contribution >= 4 is 24.0 Å². The molecule has 0 atom stereocenters. The van der Waals surface area contributed by atoms with Crippen molar-refractivity contribution in [1.82, 2.24) is 0 Å². The molecule has 5 heteroatoms. The third-order valence-corrected chi connectivity index (χ3v) is 1.57. The van der Waals surface area contributed by atoms with Gasteiger partial charge in [0.25, 0.3) is 0 Å². The Balaban J connectivity index is 3.01. The van der Waals surface area contributed by atoms with E-state index >= 15 is 0 Å². The second-order valence-electron chi connectivity index (χ2n) is 2.16. The number of phenolic OH excluding ortho intramolecular Hbond substituents is 1. The molecule has 0 saturated carbocycles. The van der Waals surface area contributed by atoms with Gasteiger partial charge in [-0.25, -0.2) is 4.79 Å². The van der Waals surface area contributed by atoms with E-state index < -0.39 is 5.97 Å². The number of rotatable bonds is 2. The van der Waals surface area contributed by atoms with Crippen LogP contribution in [0.25, 0.3) is 0 Å². The number of hydrogen-bond acceptors (Lipinski definition) is 4. The van der Waals surface area contributed by atoms with Crippen molar-refractivity contribution in [3.8, 4) is 5.75 Å². The normalized spacial score (nSPS) is 9.31. The summed E-state index contributed by atoms with van der Waals surface area (Å²) in [5.41, 5.74) is -0.100. The zero-order chi connectivity index (χ0) is 9.84. The zero-order valence-electron chi connectivity index (χ0n) is 6.36. The molecule has 13 heavy (non-hydrogen) atoms. The summed E-state index contributed by atoms with van der Waals surface area (Å²) < 4.78 is 4.03. The summed E-state index contributed by atoms with van der Waals surface area (Å²) in [4.78, 5) is 20.7. The third kappa shape index (κ3) is 2.19. The Morgan fingerprint density at radius 1 is 1.54 bits per heavy atom. The van der Waals surface area contributed by atoms with Gasteiger partial charge >= 0.3 is 12.4 Å². The van der Waals surface area contributed by atoms with Crippen molar-refractivity contribution in [3.63, 3.8) is 0 Å². The molecule has 0 fully saturated rings. The van der Waals surface area contributed by atoms with E-state index in [1.54, 1.807) is 0 Å². The van der Waals surface area contributed by atoms with E-state index in [1.807, 2.05) is 0 Å². The highest BCUT2D eigenvalue weighted by Crippen LogP contribution is 2.22. The van der Waals surface area contributed by atoms with Crippen molar-refractivity contribution in [2.75, 3.05) is 0 Å². The van der Waals surface area contributed by atoms with Gasteiger partial charge in [-0.1, -0.05) is 11.6 Å². The van der Waals surface area contributed by atoms with Crippen molar-refractivity contribution in [1.29, 1.82) is 0 Å². The molecule has 1 aromatic carbocycles. The van der Waals surface area contributed by atoms with Crippen LogP contribution in [0.3, 0.4) is 0 Å². The first-order valence-electron chi connectivity index (χ1n) is 3.28. The van der Waals surface area contributed by atoms with E-state index in [0.29, 0.717) is 5.02 Å². The molecule has 0 amide bonds. The number of hydrogen-bond donors (Lipinski definition) is 1. The topological polar surface area (TPSA) is 63.6 Å². The van der Waals surface area contributed by atoms with E-state index in [2.05, 4.69) is 4.74 Å². The minimum absolute atomic E-state index is 0.00359. The van der Waals surface area contributed by atoms with E-state index in [1.165, 1.54) is 18.2 Å². The average molecular weight is 201 g/mol. The highest BCUT2D eigenvalue weighted by molar-refractivity contribution is 6.30. The maximum Gasteiger partial charge on any atom is 0.349 e. The second-order valence-corrected chi connectivity index (χ2v) is 2.60. The first kappa shape index (κ1) is 9.54. The summed E-state index contributed by atoms with van der Waals surface area (Å²) >= 11 is 5.52. The molecule has 0 radical (unpaired) electrons. The maximum atomic E-state index is 10.9. The van der Waals surface area contributed by atoms with Crippen molar-refractivity contribution in [2.24, 2.45) is 0 Å². The van der Waals surface area contributed by atoms with E-state index in [9.17, 15) is 14.7 Å². The molecule has 0 spiro atoms. The first-order chi connectivity index (χ1) is 6.15. The third-order valence-electron chi connectivity index (χ3n) is 1.33. The second kappa shape index (κ2) is 3.91. The number of carbonyl (C=O) groups excluding carboxylic acids is 2. The summed E-state index contributed by atoms with van der Waals surface area (Å²) in [7, 11) is 0. The molecule has 0 unspecified atom stereocenters. The van der Waals surface area contributed by atoms with Gasteiger partial charge in [-0.3, -0.25) is 4.79 Å². The van der Waals surface area contributed by atoms with Crippen LogP contribution in [0, 0.1) is 0 Å². The van der Waals surface area contributed by atoms with Crippen LogP contribution in [-0.2, 0) is 9.53 Å². The Morgan fingerprint density at radius 3 is 2.77 bits per heavy atom. The molecule has 1 N–H and O–H groups in total. The summed E-state index contributed by atoms with van der Waals surface area (Å²) in [6, 6.07) is 3.86. The van der Waals surface area contributed by atoms with E-state index in [4.69, 9.17) is 11.6 Å². The van der Waals surface area contributed by atoms with Crippen LogP contribution in [0.4, 0.5) is 0 Å². The quantitative estimate of drug-likeness (QED) is 0.445. The lowest BCUT2D eigenvalue weighted by molar-refractivity contribution is -0.123. The van der Waals surface area contributed by atoms with Crippen molar-refractivity contribution < 1.29 is 19.4 Å². The van der Waals surface area contributed by atoms with Crippen LogP contribution in [-0.4, -0.2) is 17.5 Å². The molecule has 0 bridgehead atoms. The molecule has 1 rings (SSSR count). The van der Waals surface area contributed by atoms with Gasteiger partial charge in [-0.2, -0.15) is 0 Å². The van der Waals surface area contributed by atoms with Gasteiger partial charge in [0.15, 0.2) is 0 Å². The van der Waals surface area contributed by atoms with Crippen LogP contribution in [0.15, 0.2) is 18.2 Å². The van der Waals surface area contributed by atoms with Gasteiger partial charge in [0.1, 0.15) is 11.3 Å². The molecule has 0 aromatic heterocycles. The van der Waals surface area contributed by atoms with Crippen LogP contribution >= 0.6 is 11.6 Å². The van der Waals surface area contributed by atoms with E-state index in [-0.39, 0.29) is 17.8 Å². The van der Waals surface area contributed by atoms with Gasteiger partial charge in [0, 0.05) is 5.02 Å². The smallest absolute Gasteiger partial charge is 0.349 e. The SMILES string of the molecule is O=COC(=O)c1ccc(Cl)cc1O. The number of benzene rings is 1. The summed E-state index contributed by atoms with van der Waals surface area (Å²) in [5, 5.41) is 9.48. The maximum absolute atomic E-state index is 10.9. The molecule has 1 aromatic rings. The summed E-state index contributed by atoms with van der Waals surface area (Å²) in [5.74, 6) is -1.23. The summed E-state index contributed by atoms with van der Waals surface area (Å²) in [6.07, 6.45) is 0. The molecule has 0 aliphatic carbocycles. The Hall–Kier alpha value is -1.55. The van der Waals surface area contributed by atoms with Gasteiger partial charge in [0.2, 0.25) is 0 Å². The van der Waals surface area contributed by atoms with Crippen LogP contribution in [0.2, 0.25) is 5.02 Å². The molecule has 68 valence electrons.